The predicted molar refractivity (Wildman–Crippen MR) is 145 cm³/mol. The summed E-state index contributed by atoms with van der Waals surface area (Å²) in [6.45, 7) is 10.1. The topological polar surface area (TPSA) is 83.6 Å². The molecule has 198 valence electrons. The van der Waals surface area contributed by atoms with E-state index in [1.807, 2.05) is 26.8 Å². The quantitative estimate of drug-likeness (QED) is 0.433. The Bertz CT molecular complexity index is 1210. The Balaban J connectivity index is 1.06. The summed E-state index contributed by atoms with van der Waals surface area (Å²) >= 11 is 6.19. The number of benzene rings is 1. The van der Waals surface area contributed by atoms with Crippen molar-refractivity contribution in [2.24, 2.45) is 0 Å². The Morgan fingerprint density at radius 2 is 1.68 bits per heavy atom. The molecule has 4 heterocycles. The average Bonchev–Trinajstić information content (AvgIpc) is 3.31. The maximum absolute atomic E-state index is 12.3. The van der Waals surface area contributed by atoms with E-state index in [0.717, 1.165) is 67.6 Å². The first-order valence-electron chi connectivity index (χ1n) is 13.2. The Morgan fingerprint density at radius 1 is 1.03 bits per heavy atom. The van der Waals surface area contributed by atoms with Crippen molar-refractivity contribution in [1.29, 1.82) is 0 Å². The smallest absolute Gasteiger partial charge is 0.410 e. The highest BCUT2D eigenvalue weighted by atomic mass is 35.5. The van der Waals surface area contributed by atoms with Crippen LogP contribution in [-0.4, -0.2) is 74.8 Å². The van der Waals surface area contributed by atoms with E-state index >= 15 is 0 Å². The van der Waals surface area contributed by atoms with Crippen molar-refractivity contribution in [1.82, 2.24) is 24.8 Å². The lowest BCUT2D eigenvalue weighted by Crippen LogP contribution is -2.45. The molecule has 0 aliphatic carbocycles. The molecule has 0 atom stereocenters. The first-order chi connectivity index (χ1) is 17.7. The van der Waals surface area contributed by atoms with E-state index in [0.29, 0.717) is 24.3 Å². The number of hydrogen-bond acceptors (Lipinski definition) is 6. The Labute approximate surface area is 223 Å². The lowest BCUT2D eigenvalue weighted by molar-refractivity contribution is -0.0669. The molecule has 0 unspecified atom stereocenters. The second-order valence-electron chi connectivity index (χ2n) is 11.1. The molecular weight excluding hydrogens is 490 g/mol. The van der Waals surface area contributed by atoms with Gasteiger partial charge >= 0.3 is 6.09 Å². The number of halogens is 1. The molecule has 3 aromatic rings. The molecule has 0 spiro atoms. The molecule has 2 aliphatic heterocycles. The maximum Gasteiger partial charge on any atom is 0.410 e. The summed E-state index contributed by atoms with van der Waals surface area (Å²) in [5, 5.41) is 1.30. The van der Waals surface area contributed by atoms with Crippen molar-refractivity contribution in [2.45, 2.75) is 70.8 Å². The fourth-order valence-electron chi connectivity index (χ4n) is 5.09. The van der Waals surface area contributed by atoms with E-state index in [9.17, 15) is 4.79 Å². The largest absolute Gasteiger partial charge is 0.444 e. The zero-order chi connectivity index (χ0) is 26.0. The van der Waals surface area contributed by atoms with Crippen LogP contribution in [0.25, 0.3) is 22.3 Å². The van der Waals surface area contributed by atoms with Crippen LogP contribution in [-0.2, 0) is 16.0 Å². The molecule has 8 nitrogen and oxygen atoms in total. The zero-order valence-corrected chi connectivity index (χ0v) is 22.6. The normalized spacial score (nSPS) is 18.4. The molecule has 9 heteroatoms. The van der Waals surface area contributed by atoms with Gasteiger partial charge in [-0.2, -0.15) is 0 Å². The molecule has 2 aliphatic rings. The molecule has 2 fully saturated rings. The van der Waals surface area contributed by atoms with E-state index < -0.39 is 5.60 Å². The van der Waals surface area contributed by atoms with Crippen LogP contribution >= 0.6 is 11.6 Å². The number of carbonyl (C=O) groups is 1. The molecule has 37 heavy (non-hydrogen) atoms. The van der Waals surface area contributed by atoms with Gasteiger partial charge in [-0.1, -0.05) is 35.9 Å². The van der Waals surface area contributed by atoms with Crippen LogP contribution in [0.1, 0.15) is 52.0 Å². The van der Waals surface area contributed by atoms with Gasteiger partial charge < -0.3 is 19.4 Å². The van der Waals surface area contributed by atoms with Gasteiger partial charge in [-0.3, -0.25) is 4.90 Å². The minimum atomic E-state index is -0.456. The van der Waals surface area contributed by atoms with E-state index in [4.69, 9.17) is 21.1 Å². The highest BCUT2D eigenvalue weighted by Crippen LogP contribution is 2.27. The molecule has 1 amide bonds. The number of piperidine rings is 2. The first kappa shape index (κ1) is 25.9. The summed E-state index contributed by atoms with van der Waals surface area (Å²) in [5.41, 5.74) is 3.67. The number of likely N-dealkylation sites (tertiary alicyclic amines) is 2. The Kier molecular flexibility index (Phi) is 7.70. The Morgan fingerprint density at radius 3 is 2.30 bits per heavy atom. The number of aromatic amines is 1. The molecule has 0 radical (unpaired) electrons. The summed E-state index contributed by atoms with van der Waals surface area (Å²) in [6, 6.07) is 10.7. The average molecular weight is 526 g/mol. The third kappa shape index (κ3) is 6.61. The lowest BCUT2D eigenvalue weighted by Gasteiger charge is -2.37. The molecule has 5 rings (SSSR count). The number of carbonyl (C=O) groups excluding carboxylic acids is 1. The van der Waals surface area contributed by atoms with Gasteiger partial charge in [0.25, 0.3) is 0 Å². The monoisotopic (exact) mass is 525 g/mol. The third-order valence-electron chi connectivity index (χ3n) is 7.06. The van der Waals surface area contributed by atoms with E-state index in [1.54, 1.807) is 4.90 Å². The van der Waals surface area contributed by atoms with Gasteiger partial charge in [0.1, 0.15) is 22.7 Å². The number of hydrogen-bond donors (Lipinski definition) is 1. The molecule has 1 aromatic carbocycles. The first-order valence-corrected chi connectivity index (χ1v) is 13.6. The second-order valence-corrected chi connectivity index (χ2v) is 11.4. The van der Waals surface area contributed by atoms with Crippen LogP contribution < -0.4 is 0 Å². The number of amides is 1. The van der Waals surface area contributed by atoms with Crippen molar-refractivity contribution < 1.29 is 14.3 Å². The molecule has 1 N–H and O–H groups in total. The van der Waals surface area contributed by atoms with Gasteiger partial charge in [0, 0.05) is 38.4 Å². The molecule has 0 saturated carbocycles. The van der Waals surface area contributed by atoms with E-state index in [2.05, 4.69) is 44.1 Å². The highest BCUT2D eigenvalue weighted by Gasteiger charge is 2.29. The van der Waals surface area contributed by atoms with Crippen molar-refractivity contribution in [3.63, 3.8) is 0 Å². The predicted octanol–water partition coefficient (Wildman–Crippen LogP) is 5.66. The lowest BCUT2D eigenvalue weighted by atomic mass is 10.0. The van der Waals surface area contributed by atoms with Crippen LogP contribution in [0, 0.1) is 0 Å². The number of fused-ring (bicyclic) bond motifs is 1. The fraction of sp³-hybridized carbons (Fsp3) is 0.536. The van der Waals surface area contributed by atoms with Gasteiger partial charge in [-0.05, 0) is 63.6 Å². The number of nitrogens with zero attached hydrogens (tertiary/aromatic N) is 4. The SMILES string of the molecule is CC(C)(C)OC(=O)N1CCC(OC2CCN(Cc3ccc(-c4cc5c(Cl)ncnc5[nH]4)cc3)CC2)CC1. The Hall–Kier alpha value is -2.68. The van der Waals surface area contributed by atoms with Crippen molar-refractivity contribution in [2.75, 3.05) is 26.2 Å². The van der Waals surface area contributed by atoms with Crippen LogP contribution in [0.4, 0.5) is 4.79 Å². The molecule has 0 bridgehead atoms. The minimum Gasteiger partial charge on any atom is -0.444 e. The summed E-state index contributed by atoms with van der Waals surface area (Å²) in [5.74, 6) is 0. The second kappa shape index (κ2) is 11.0. The van der Waals surface area contributed by atoms with Gasteiger partial charge in [-0.15, -0.1) is 0 Å². The fourth-order valence-corrected chi connectivity index (χ4v) is 5.28. The van der Waals surface area contributed by atoms with Gasteiger partial charge in [-0.25, -0.2) is 14.8 Å². The van der Waals surface area contributed by atoms with Gasteiger partial charge in [0.15, 0.2) is 0 Å². The van der Waals surface area contributed by atoms with E-state index in [1.165, 1.54) is 11.9 Å². The van der Waals surface area contributed by atoms with Crippen molar-refractivity contribution in [3.8, 4) is 11.3 Å². The summed E-state index contributed by atoms with van der Waals surface area (Å²) < 4.78 is 11.9. The summed E-state index contributed by atoms with van der Waals surface area (Å²) in [6.07, 6.45) is 5.62. The van der Waals surface area contributed by atoms with Crippen molar-refractivity contribution in [3.05, 3.63) is 47.4 Å². The van der Waals surface area contributed by atoms with Crippen molar-refractivity contribution >= 4 is 28.7 Å². The highest BCUT2D eigenvalue weighted by molar-refractivity contribution is 6.34. The van der Waals surface area contributed by atoms with Crippen LogP contribution in [0.15, 0.2) is 36.7 Å². The minimum absolute atomic E-state index is 0.215. The number of aromatic nitrogens is 3. The standard InChI is InChI=1S/C28H36ClN5O3/c1-28(2,3)37-27(35)34-14-10-22(11-15-34)36-21-8-12-33(13-9-21)17-19-4-6-20(7-5-19)24-16-23-25(29)30-18-31-26(23)32-24/h4-7,16,18,21-22H,8-15,17H2,1-3H3,(H,30,31,32). The molecular formula is C28H36ClN5O3. The van der Waals surface area contributed by atoms with Crippen LogP contribution in [0.5, 0.6) is 0 Å². The van der Waals surface area contributed by atoms with Gasteiger partial charge in [0.2, 0.25) is 0 Å². The number of rotatable bonds is 5. The summed E-state index contributed by atoms with van der Waals surface area (Å²) in [7, 11) is 0. The number of ether oxygens (including phenoxy) is 2. The van der Waals surface area contributed by atoms with Gasteiger partial charge in [0.05, 0.1) is 17.6 Å². The molecule has 2 aromatic heterocycles. The summed E-state index contributed by atoms with van der Waals surface area (Å²) in [4.78, 5) is 28.2. The van der Waals surface area contributed by atoms with Crippen LogP contribution in [0.2, 0.25) is 5.15 Å². The number of H-pyrrole nitrogens is 1. The third-order valence-corrected chi connectivity index (χ3v) is 7.36. The molecule has 2 saturated heterocycles. The number of nitrogens with one attached hydrogen (secondary N) is 1. The maximum atomic E-state index is 12.3. The zero-order valence-electron chi connectivity index (χ0n) is 21.9. The van der Waals surface area contributed by atoms with E-state index in [-0.39, 0.29) is 12.2 Å². The van der Waals surface area contributed by atoms with Crippen LogP contribution in [0.3, 0.4) is 0 Å².